The summed E-state index contributed by atoms with van der Waals surface area (Å²) in [6.45, 7) is 5.56. The molecule has 1 aromatic rings. The van der Waals surface area contributed by atoms with Crippen molar-refractivity contribution in [3.63, 3.8) is 0 Å². The molecule has 1 unspecified atom stereocenters. The van der Waals surface area contributed by atoms with E-state index in [0.29, 0.717) is 6.54 Å². The third-order valence-electron chi connectivity index (χ3n) is 3.16. The number of ether oxygens (including phenoxy) is 1. The summed E-state index contributed by atoms with van der Waals surface area (Å²) < 4.78 is 5.80. The Hall–Kier alpha value is -1.71. The van der Waals surface area contributed by atoms with E-state index >= 15 is 0 Å². The van der Waals surface area contributed by atoms with Crippen molar-refractivity contribution in [3.05, 3.63) is 24.3 Å². The zero-order chi connectivity index (χ0) is 13.1. The van der Waals surface area contributed by atoms with E-state index in [9.17, 15) is 4.79 Å². The predicted octanol–water partition coefficient (Wildman–Crippen LogP) is 1.79. The van der Waals surface area contributed by atoms with Crippen molar-refractivity contribution in [2.75, 3.05) is 18.0 Å². The first-order chi connectivity index (χ1) is 8.58. The second-order valence-electron chi connectivity index (χ2n) is 4.97. The van der Waals surface area contributed by atoms with Crippen LogP contribution in [0.5, 0.6) is 5.75 Å². The molecule has 1 aliphatic rings. The van der Waals surface area contributed by atoms with E-state index in [0.717, 1.165) is 24.4 Å². The number of amides is 1. The van der Waals surface area contributed by atoms with Crippen molar-refractivity contribution in [2.24, 2.45) is 11.7 Å². The number of hydrogen-bond donors (Lipinski definition) is 1. The first-order valence-corrected chi connectivity index (χ1v) is 6.38. The van der Waals surface area contributed by atoms with Crippen LogP contribution in [0.3, 0.4) is 0 Å². The molecule has 18 heavy (non-hydrogen) atoms. The monoisotopic (exact) mass is 248 g/mol. The van der Waals surface area contributed by atoms with Crippen LogP contribution in [0.1, 0.15) is 20.3 Å². The van der Waals surface area contributed by atoms with Gasteiger partial charge in [0, 0.05) is 13.1 Å². The third-order valence-corrected chi connectivity index (χ3v) is 3.16. The van der Waals surface area contributed by atoms with E-state index in [1.807, 2.05) is 38.1 Å². The minimum Gasteiger partial charge on any atom is -0.489 e. The summed E-state index contributed by atoms with van der Waals surface area (Å²) in [6, 6.07) is 7.94. The highest BCUT2D eigenvalue weighted by Crippen LogP contribution is 2.32. The molecule has 1 saturated heterocycles. The summed E-state index contributed by atoms with van der Waals surface area (Å²) in [5, 5.41) is 0. The molecule has 0 spiro atoms. The molecule has 2 rings (SSSR count). The highest BCUT2D eigenvalue weighted by atomic mass is 16.5. The summed E-state index contributed by atoms with van der Waals surface area (Å²) >= 11 is 0. The van der Waals surface area contributed by atoms with Gasteiger partial charge in [-0.05, 0) is 32.4 Å². The number of nitrogens with two attached hydrogens (primary N) is 1. The zero-order valence-electron chi connectivity index (χ0n) is 10.9. The van der Waals surface area contributed by atoms with Gasteiger partial charge in [-0.15, -0.1) is 0 Å². The SMILES string of the molecule is CC(C)Oc1ccccc1N1CCC(C(N)=O)C1. The fourth-order valence-electron chi connectivity index (χ4n) is 2.28. The van der Waals surface area contributed by atoms with Gasteiger partial charge >= 0.3 is 0 Å². The summed E-state index contributed by atoms with van der Waals surface area (Å²) in [5.74, 6) is 0.620. The Morgan fingerprint density at radius 2 is 2.17 bits per heavy atom. The van der Waals surface area contributed by atoms with Crippen LogP contribution in [0, 0.1) is 5.92 Å². The van der Waals surface area contributed by atoms with E-state index < -0.39 is 0 Å². The van der Waals surface area contributed by atoms with Crippen molar-refractivity contribution in [3.8, 4) is 5.75 Å². The number of primary amides is 1. The molecule has 0 bridgehead atoms. The fourth-order valence-corrected chi connectivity index (χ4v) is 2.28. The van der Waals surface area contributed by atoms with E-state index in [1.54, 1.807) is 0 Å². The first-order valence-electron chi connectivity index (χ1n) is 6.38. The van der Waals surface area contributed by atoms with Crippen LogP contribution < -0.4 is 15.4 Å². The van der Waals surface area contributed by atoms with Gasteiger partial charge in [-0.3, -0.25) is 4.79 Å². The Balaban J connectivity index is 2.16. The average Bonchev–Trinajstić information content (AvgIpc) is 2.78. The van der Waals surface area contributed by atoms with Gasteiger partial charge in [-0.1, -0.05) is 12.1 Å². The number of rotatable bonds is 4. The lowest BCUT2D eigenvalue weighted by Gasteiger charge is -2.22. The molecule has 98 valence electrons. The van der Waals surface area contributed by atoms with Crippen molar-refractivity contribution in [1.82, 2.24) is 0 Å². The van der Waals surface area contributed by atoms with Crippen LogP contribution in [-0.2, 0) is 4.79 Å². The molecule has 1 atom stereocenters. The number of para-hydroxylation sites is 2. The highest BCUT2D eigenvalue weighted by molar-refractivity contribution is 5.78. The molecule has 4 heteroatoms. The van der Waals surface area contributed by atoms with Crippen LogP contribution >= 0.6 is 0 Å². The van der Waals surface area contributed by atoms with Crippen LogP contribution in [0.4, 0.5) is 5.69 Å². The van der Waals surface area contributed by atoms with Crippen LogP contribution in [0.15, 0.2) is 24.3 Å². The predicted molar refractivity (Wildman–Crippen MR) is 71.7 cm³/mol. The number of benzene rings is 1. The lowest BCUT2D eigenvalue weighted by Crippen LogP contribution is -2.27. The third kappa shape index (κ3) is 2.75. The highest BCUT2D eigenvalue weighted by Gasteiger charge is 2.28. The van der Waals surface area contributed by atoms with Crippen molar-refractivity contribution < 1.29 is 9.53 Å². The molecule has 0 radical (unpaired) electrons. The largest absolute Gasteiger partial charge is 0.489 e. The van der Waals surface area contributed by atoms with Gasteiger partial charge in [0.1, 0.15) is 5.75 Å². The molecule has 0 aromatic heterocycles. The maximum absolute atomic E-state index is 11.2. The van der Waals surface area contributed by atoms with Gasteiger partial charge in [0.15, 0.2) is 0 Å². The Bertz CT molecular complexity index is 432. The lowest BCUT2D eigenvalue weighted by molar-refractivity contribution is -0.121. The fraction of sp³-hybridized carbons (Fsp3) is 0.500. The van der Waals surface area contributed by atoms with Crippen molar-refractivity contribution in [1.29, 1.82) is 0 Å². The first kappa shape index (κ1) is 12.7. The molecule has 1 aromatic carbocycles. The second kappa shape index (κ2) is 5.29. The molecule has 4 nitrogen and oxygen atoms in total. The van der Waals surface area contributed by atoms with Gasteiger partial charge in [-0.2, -0.15) is 0 Å². The number of carbonyl (C=O) groups is 1. The summed E-state index contributed by atoms with van der Waals surface area (Å²) in [6.07, 6.45) is 0.964. The molecular formula is C14H20N2O2. The molecule has 0 aliphatic carbocycles. The van der Waals surface area contributed by atoms with Gasteiger partial charge in [0.05, 0.1) is 17.7 Å². The number of nitrogens with zero attached hydrogens (tertiary/aromatic N) is 1. The molecule has 2 N–H and O–H groups in total. The molecule has 1 aliphatic heterocycles. The van der Waals surface area contributed by atoms with E-state index in [1.165, 1.54) is 0 Å². The van der Waals surface area contributed by atoms with Gasteiger partial charge < -0.3 is 15.4 Å². The minimum atomic E-state index is -0.209. The second-order valence-corrected chi connectivity index (χ2v) is 4.97. The van der Waals surface area contributed by atoms with E-state index in [-0.39, 0.29) is 17.9 Å². The number of carbonyl (C=O) groups excluding carboxylic acids is 1. The Morgan fingerprint density at radius 1 is 1.44 bits per heavy atom. The minimum absolute atomic E-state index is 0.0443. The quantitative estimate of drug-likeness (QED) is 0.883. The topological polar surface area (TPSA) is 55.6 Å². The molecular weight excluding hydrogens is 228 g/mol. The normalized spacial score (nSPS) is 19.3. The van der Waals surface area contributed by atoms with Crippen molar-refractivity contribution >= 4 is 11.6 Å². The van der Waals surface area contributed by atoms with Gasteiger partial charge in [0.25, 0.3) is 0 Å². The maximum atomic E-state index is 11.2. The lowest BCUT2D eigenvalue weighted by atomic mass is 10.1. The zero-order valence-corrected chi connectivity index (χ0v) is 10.9. The van der Waals surface area contributed by atoms with E-state index in [2.05, 4.69) is 4.90 Å². The number of anilines is 1. The summed E-state index contributed by atoms with van der Waals surface area (Å²) in [7, 11) is 0. The van der Waals surface area contributed by atoms with Crippen molar-refractivity contribution in [2.45, 2.75) is 26.4 Å². The Labute approximate surface area is 108 Å². The van der Waals surface area contributed by atoms with Crippen LogP contribution in [0.25, 0.3) is 0 Å². The number of hydrogen-bond acceptors (Lipinski definition) is 3. The van der Waals surface area contributed by atoms with E-state index in [4.69, 9.17) is 10.5 Å². The molecule has 1 fully saturated rings. The summed E-state index contributed by atoms with van der Waals surface area (Å²) in [5.41, 5.74) is 6.41. The average molecular weight is 248 g/mol. The standard InChI is InChI=1S/C14H20N2O2/c1-10(2)18-13-6-4-3-5-12(13)16-8-7-11(9-16)14(15)17/h3-6,10-11H,7-9H2,1-2H3,(H2,15,17). The summed E-state index contributed by atoms with van der Waals surface area (Å²) in [4.78, 5) is 13.4. The molecule has 1 heterocycles. The molecule has 1 amide bonds. The Kier molecular flexibility index (Phi) is 3.75. The smallest absolute Gasteiger partial charge is 0.222 e. The Morgan fingerprint density at radius 3 is 2.78 bits per heavy atom. The maximum Gasteiger partial charge on any atom is 0.222 e. The van der Waals surface area contributed by atoms with Crippen LogP contribution in [0.2, 0.25) is 0 Å². The molecule has 0 saturated carbocycles. The van der Waals surface area contributed by atoms with Crippen LogP contribution in [-0.4, -0.2) is 25.1 Å². The van der Waals surface area contributed by atoms with Gasteiger partial charge in [0.2, 0.25) is 5.91 Å². The van der Waals surface area contributed by atoms with Gasteiger partial charge in [-0.25, -0.2) is 0 Å².